The number of para-hydroxylation sites is 2. The summed E-state index contributed by atoms with van der Waals surface area (Å²) in [6.45, 7) is 8.26. The lowest BCUT2D eigenvalue weighted by Gasteiger charge is -2.17. The number of anilines is 4. The van der Waals surface area contributed by atoms with Crippen LogP contribution in [0.2, 0.25) is 10.0 Å². The molecule has 0 fully saturated rings. The van der Waals surface area contributed by atoms with Gasteiger partial charge in [-0.2, -0.15) is 20.5 Å². The molecule has 0 saturated heterocycles. The summed E-state index contributed by atoms with van der Waals surface area (Å²) in [5.41, 5.74) is 3.14. The molecular weight excluding hydrogens is 1020 g/mol. The van der Waals surface area contributed by atoms with Crippen molar-refractivity contribution in [1.29, 1.82) is 0 Å². The van der Waals surface area contributed by atoms with Gasteiger partial charge in [0.15, 0.2) is 11.6 Å². The van der Waals surface area contributed by atoms with Crippen LogP contribution in [0.5, 0.6) is 11.5 Å². The summed E-state index contributed by atoms with van der Waals surface area (Å²) in [4.78, 5) is 79.8. The monoisotopic (exact) mass is 1060 g/mol. The van der Waals surface area contributed by atoms with Gasteiger partial charge in [0.25, 0.3) is 23.6 Å². The topological polar surface area (TPSA) is 218 Å². The first-order chi connectivity index (χ1) is 34.0. The minimum absolute atomic E-state index is 0.00719. The average Bonchev–Trinajstić information content (AvgIpc) is 3.32. The molecule has 16 nitrogen and oxygen atoms in total. The zero-order valence-corrected chi connectivity index (χ0v) is 42.9. The molecule has 3 atom stereocenters. The van der Waals surface area contributed by atoms with Gasteiger partial charge in [-0.3, -0.25) is 28.8 Å². The normalized spacial score (nSPS) is 12.5. The van der Waals surface area contributed by atoms with Gasteiger partial charge in [0.2, 0.25) is 12.1 Å². The van der Waals surface area contributed by atoms with Crippen LogP contribution in [0.4, 0.5) is 34.1 Å². The van der Waals surface area contributed by atoms with E-state index in [9.17, 15) is 28.8 Å². The number of halogens is 5. The van der Waals surface area contributed by atoms with Crippen molar-refractivity contribution >= 4 is 127 Å². The van der Waals surface area contributed by atoms with E-state index in [-0.39, 0.29) is 43.9 Å². The van der Waals surface area contributed by atoms with Crippen molar-refractivity contribution < 1.29 is 38.2 Å². The van der Waals surface area contributed by atoms with E-state index in [0.29, 0.717) is 66.3 Å². The molecule has 5 aromatic carbocycles. The van der Waals surface area contributed by atoms with Gasteiger partial charge in [-0.25, -0.2) is 0 Å². The molecule has 0 aromatic heterocycles. The summed E-state index contributed by atoms with van der Waals surface area (Å²) < 4.78 is 11.5. The average molecular weight is 1070 g/mol. The number of ketones is 2. The molecule has 5 rings (SSSR count). The third-order valence-corrected chi connectivity index (χ3v) is 11.7. The van der Waals surface area contributed by atoms with E-state index in [2.05, 4.69) is 41.7 Å². The quantitative estimate of drug-likeness (QED) is 0.0279. The van der Waals surface area contributed by atoms with E-state index >= 15 is 0 Å². The number of hydrogen-bond donors (Lipinski definition) is 4. The summed E-state index contributed by atoms with van der Waals surface area (Å²) in [6, 6.07) is 20.6. The molecule has 0 aliphatic heterocycles. The fourth-order valence-electron chi connectivity index (χ4n) is 6.89. The van der Waals surface area contributed by atoms with Crippen LogP contribution < -0.4 is 30.7 Å². The van der Waals surface area contributed by atoms with Gasteiger partial charge in [-0.15, -0.1) is 34.8 Å². The molecule has 0 aliphatic rings. The summed E-state index contributed by atoms with van der Waals surface area (Å²) in [6.07, 6.45) is 0.916. The molecule has 0 radical (unpaired) electrons. The standard InChI is InChI=1S/C50H49Cl5N8O8/c1-6-70-39-18-8-12-30(22-24-51)45(39)58-47(66)33-14-10-16-37(41(33)54)60-62-43(28(4)64)49(68)56-32-20-21-36(35(26-32)27(3)53)57-50(69)44(29(5)65)63-61-38-17-11-15-34(42(38)55)48(67)59-46-31(23-25-52)13-9-19-40(46)71-7-2/h8-21,26-27,43-44H,6-7,22-25H2,1-5H3,(H,56,68)(H,57,69)(H,58,66)(H,59,67). The molecular formula is C50H49Cl5N8O8. The van der Waals surface area contributed by atoms with Gasteiger partial charge in [0, 0.05) is 23.1 Å². The first-order valence-electron chi connectivity index (χ1n) is 22.1. The maximum absolute atomic E-state index is 13.6. The van der Waals surface area contributed by atoms with Crippen LogP contribution in [-0.2, 0) is 32.0 Å². The second kappa shape index (κ2) is 26.7. The predicted molar refractivity (Wildman–Crippen MR) is 279 cm³/mol. The Hall–Kier alpha value is -6.43. The van der Waals surface area contributed by atoms with Crippen molar-refractivity contribution in [3.63, 3.8) is 0 Å². The molecule has 4 amide bonds. The minimum Gasteiger partial charge on any atom is -0.492 e. The highest BCUT2D eigenvalue weighted by atomic mass is 35.5. The molecule has 0 spiro atoms. The van der Waals surface area contributed by atoms with Crippen LogP contribution >= 0.6 is 58.0 Å². The van der Waals surface area contributed by atoms with Gasteiger partial charge in [0.05, 0.1) is 51.1 Å². The number of nitrogens with zero attached hydrogens (tertiary/aromatic N) is 4. The van der Waals surface area contributed by atoms with Crippen molar-refractivity contribution in [2.45, 2.75) is 64.9 Å². The molecule has 0 saturated carbocycles. The number of rotatable bonds is 23. The van der Waals surface area contributed by atoms with Gasteiger partial charge < -0.3 is 30.7 Å². The maximum atomic E-state index is 13.6. The second-order valence-corrected chi connectivity index (χ2v) is 17.5. The molecule has 3 unspecified atom stereocenters. The van der Waals surface area contributed by atoms with Crippen molar-refractivity contribution in [2.75, 3.05) is 46.2 Å². The number of carbonyl (C=O) groups excluding carboxylic acids is 6. The first kappa shape index (κ1) is 55.5. The van der Waals surface area contributed by atoms with Crippen LogP contribution in [0, 0.1) is 0 Å². The van der Waals surface area contributed by atoms with E-state index in [1.807, 2.05) is 26.0 Å². The Balaban J connectivity index is 1.30. The van der Waals surface area contributed by atoms with Crippen molar-refractivity contribution in [3.05, 3.63) is 129 Å². The highest BCUT2D eigenvalue weighted by Gasteiger charge is 2.28. The molecule has 5 aromatic rings. The van der Waals surface area contributed by atoms with Crippen LogP contribution in [0.15, 0.2) is 111 Å². The van der Waals surface area contributed by atoms with Crippen LogP contribution in [0.3, 0.4) is 0 Å². The Labute approximate surface area is 435 Å². The molecule has 21 heteroatoms. The highest BCUT2D eigenvalue weighted by molar-refractivity contribution is 6.37. The highest BCUT2D eigenvalue weighted by Crippen LogP contribution is 2.36. The van der Waals surface area contributed by atoms with Crippen LogP contribution in [0.25, 0.3) is 0 Å². The summed E-state index contributed by atoms with van der Waals surface area (Å²) in [5.74, 6) is -2.70. The molecule has 372 valence electrons. The SMILES string of the molecule is CCOc1cccc(CCCl)c1NC(=O)c1cccc(N=NC(C(C)=O)C(=O)Nc2ccc(NC(=O)C(N=Nc3cccc(C(=O)Nc4c(CCCl)cccc4OCC)c3Cl)C(C)=O)c(C(C)Cl)c2)c1Cl. The molecule has 0 aliphatic carbocycles. The van der Waals surface area contributed by atoms with Gasteiger partial charge in [0.1, 0.15) is 22.9 Å². The summed E-state index contributed by atoms with van der Waals surface area (Å²) in [7, 11) is 0. The van der Waals surface area contributed by atoms with Gasteiger partial charge in [-0.05, 0) is 119 Å². The van der Waals surface area contributed by atoms with Gasteiger partial charge >= 0.3 is 0 Å². The number of ether oxygens (including phenoxy) is 2. The fourth-order valence-corrected chi connectivity index (χ4v) is 7.97. The van der Waals surface area contributed by atoms with Crippen molar-refractivity contribution in [3.8, 4) is 11.5 Å². The van der Waals surface area contributed by atoms with E-state index in [0.717, 1.165) is 25.0 Å². The van der Waals surface area contributed by atoms with Crippen molar-refractivity contribution in [2.24, 2.45) is 20.5 Å². The zero-order chi connectivity index (χ0) is 51.8. The van der Waals surface area contributed by atoms with Crippen LogP contribution in [0.1, 0.15) is 77.4 Å². The van der Waals surface area contributed by atoms with E-state index in [4.69, 9.17) is 67.5 Å². The Kier molecular flexibility index (Phi) is 20.9. The number of Topliss-reactive ketones (excluding diaryl/α,β-unsaturated/α-hetero) is 2. The smallest absolute Gasteiger partial charge is 0.258 e. The number of aryl methyl sites for hydroxylation is 2. The Bertz CT molecular complexity index is 2810. The molecule has 0 heterocycles. The number of hydrogen-bond acceptors (Lipinski definition) is 12. The van der Waals surface area contributed by atoms with E-state index in [1.165, 1.54) is 54.6 Å². The fraction of sp³-hybridized carbons (Fsp3) is 0.280. The maximum Gasteiger partial charge on any atom is 0.258 e. The Morgan fingerprint density at radius 1 is 0.592 bits per heavy atom. The Morgan fingerprint density at radius 3 is 1.44 bits per heavy atom. The first-order valence-corrected chi connectivity index (χ1v) is 24.3. The zero-order valence-electron chi connectivity index (χ0n) is 39.1. The molecule has 4 N–H and O–H groups in total. The van der Waals surface area contributed by atoms with Crippen molar-refractivity contribution in [1.82, 2.24) is 0 Å². The summed E-state index contributed by atoms with van der Waals surface area (Å²) in [5, 5.41) is 26.2. The third-order valence-electron chi connectivity index (χ3n) is 10.3. The number of amides is 4. The molecule has 71 heavy (non-hydrogen) atoms. The van der Waals surface area contributed by atoms with E-state index in [1.54, 1.807) is 31.2 Å². The number of azo groups is 2. The predicted octanol–water partition coefficient (Wildman–Crippen LogP) is 12.5. The van der Waals surface area contributed by atoms with E-state index < -0.39 is 52.7 Å². The summed E-state index contributed by atoms with van der Waals surface area (Å²) >= 11 is 31.9. The second-order valence-electron chi connectivity index (χ2n) is 15.4. The van der Waals surface area contributed by atoms with Gasteiger partial charge in [-0.1, -0.05) is 59.6 Å². The lowest BCUT2D eigenvalue weighted by molar-refractivity contribution is -0.127. The number of nitrogens with one attached hydrogen (secondary N) is 4. The minimum atomic E-state index is -1.66. The number of carbonyl (C=O) groups is 6. The lowest BCUT2D eigenvalue weighted by Crippen LogP contribution is -2.32. The molecule has 0 bridgehead atoms. The number of alkyl halides is 3. The number of benzene rings is 5. The van der Waals surface area contributed by atoms with Crippen LogP contribution in [-0.4, -0.2) is 72.3 Å². The third kappa shape index (κ3) is 14.6. The lowest BCUT2D eigenvalue weighted by atomic mass is 10.1. The largest absolute Gasteiger partial charge is 0.492 e. The Morgan fingerprint density at radius 2 is 1.03 bits per heavy atom.